The fraction of sp³-hybridized carbons (Fsp3) is 0.0667. The van der Waals surface area contributed by atoms with Crippen LogP contribution in [0, 0.1) is 0 Å². The first-order valence-corrected chi connectivity index (χ1v) is 7.23. The number of ether oxygens (including phenoxy) is 2. The van der Waals surface area contributed by atoms with E-state index in [1.54, 1.807) is 30.3 Å². The zero-order chi connectivity index (χ0) is 16.5. The van der Waals surface area contributed by atoms with E-state index < -0.39 is 5.91 Å². The zero-order valence-corrected chi connectivity index (χ0v) is 12.8. The van der Waals surface area contributed by atoms with E-state index in [2.05, 4.69) is 25.5 Å². The first-order chi connectivity index (χ1) is 11.7. The summed E-state index contributed by atoms with van der Waals surface area (Å²) < 4.78 is 15.1. The number of amides is 1. The molecule has 0 fully saturated rings. The molecule has 0 saturated heterocycles. The van der Waals surface area contributed by atoms with Crippen LogP contribution in [0.25, 0.3) is 11.0 Å². The Labute approximate surface area is 140 Å². The van der Waals surface area contributed by atoms with E-state index in [9.17, 15) is 4.79 Å². The van der Waals surface area contributed by atoms with Gasteiger partial charge in [-0.2, -0.15) is 5.10 Å². The Morgan fingerprint density at radius 2 is 1.96 bits per heavy atom. The molecule has 0 unspecified atom stereocenters. The zero-order valence-electron chi connectivity index (χ0n) is 12.0. The van der Waals surface area contributed by atoms with Gasteiger partial charge in [-0.1, -0.05) is 11.6 Å². The average molecular weight is 345 g/mol. The van der Waals surface area contributed by atoms with Gasteiger partial charge in [-0.05, 0) is 34.6 Å². The fourth-order valence-electron chi connectivity index (χ4n) is 2.18. The Bertz CT molecular complexity index is 969. The first-order valence-electron chi connectivity index (χ1n) is 6.85. The minimum Gasteiger partial charge on any atom is -0.454 e. The summed E-state index contributed by atoms with van der Waals surface area (Å²) >= 11 is 6.13. The molecule has 8 nitrogen and oxygen atoms in total. The van der Waals surface area contributed by atoms with Crippen molar-refractivity contribution in [2.45, 2.75) is 0 Å². The molecule has 1 aliphatic heterocycles. The van der Waals surface area contributed by atoms with Crippen LogP contribution in [0.4, 0.5) is 0 Å². The van der Waals surface area contributed by atoms with Gasteiger partial charge in [0.15, 0.2) is 11.5 Å². The van der Waals surface area contributed by atoms with E-state index in [0.717, 1.165) is 0 Å². The first kappa shape index (κ1) is 14.5. The van der Waals surface area contributed by atoms with Crippen molar-refractivity contribution in [1.29, 1.82) is 0 Å². The van der Waals surface area contributed by atoms with Crippen molar-refractivity contribution in [3.8, 4) is 11.5 Å². The topological polar surface area (TPSA) is 98.8 Å². The summed E-state index contributed by atoms with van der Waals surface area (Å²) in [5.74, 6) is 0.764. The van der Waals surface area contributed by atoms with Crippen molar-refractivity contribution in [2.24, 2.45) is 5.10 Å². The average Bonchev–Trinajstić information content (AvgIpc) is 3.22. The monoisotopic (exact) mass is 344 g/mol. The molecule has 1 N–H and O–H groups in total. The normalized spacial score (nSPS) is 12.9. The number of hydrazone groups is 1. The second-order valence-electron chi connectivity index (χ2n) is 4.89. The molecule has 3 aromatic rings. The third-order valence-electron chi connectivity index (χ3n) is 3.38. The molecule has 0 radical (unpaired) electrons. The van der Waals surface area contributed by atoms with Crippen LogP contribution >= 0.6 is 11.6 Å². The summed E-state index contributed by atoms with van der Waals surface area (Å²) in [7, 11) is 0. The van der Waals surface area contributed by atoms with E-state index in [1.807, 2.05) is 0 Å². The number of carbonyl (C=O) groups is 1. The minimum atomic E-state index is -0.395. The summed E-state index contributed by atoms with van der Waals surface area (Å²) in [6, 6.07) is 8.13. The van der Waals surface area contributed by atoms with Gasteiger partial charge in [0.05, 0.1) is 11.2 Å². The smallest absolute Gasteiger partial charge is 0.271 e. The number of rotatable bonds is 3. The molecule has 0 aliphatic carbocycles. The van der Waals surface area contributed by atoms with Crippen molar-refractivity contribution in [2.75, 3.05) is 6.79 Å². The van der Waals surface area contributed by atoms with Gasteiger partial charge in [-0.15, -0.1) is 0 Å². The molecule has 2 aromatic carbocycles. The van der Waals surface area contributed by atoms with Crippen LogP contribution in [-0.4, -0.2) is 29.2 Å². The van der Waals surface area contributed by atoms with Gasteiger partial charge >= 0.3 is 0 Å². The predicted octanol–water partition coefficient (Wildman–Crippen LogP) is 2.37. The van der Waals surface area contributed by atoms with Crippen LogP contribution in [0.15, 0.2) is 40.1 Å². The molecule has 0 spiro atoms. The van der Waals surface area contributed by atoms with E-state index in [1.165, 1.54) is 6.21 Å². The Kier molecular flexibility index (Phi) is 3.51. The highest BCUT2D eigenvalue weighted by Gasteiger charge is 2.15. The highest BCUT2D eigenvalue weighted by Crippen LogP contribution is 2.36. The van der Waals surface area contributed by atoms with E-state index in [4.69, 9.17) is 21.1 Å². The van der Waals surface area contributed by atoms with Crippen LogP contribution in [0.1, 0.15) is 15.9 Å². The number of nitrogens with zero attached hydrogens (tertiary/aromatic N) is 3. The number of halogens is 1. The van der Waals surface area contributed by atoms with Crippen LogP contribution in [0.3, 0.4) is 0 Å². The van der Waals surface area contributed by atoms with Crippen LogP contribution < -0.4 is 14.9 Å². The lowest BCUT2D eigenvalue weighted by Crippen LogP contribution is -2.17. The van der Waals surface area contributed by atoms with Gasteiger partial charge in [0.2, 0.25) is 6.79 Å². The molecular weight excluding hydrogens is 336 g/mol. The largest absolute Gasteiger partial charge is 0.454 e. The lowest BCUT2D eigenvalue weighted by atomic mass is 10.2. The second-order valence-corrected chi connectivity index (χ2v) is 5.30. The Morgan fingerprint density at radius 3 is 2.83 bits per heavy atom. The SMILES string of the molecule is O=C(NN=Cc1cc2c(cc1Cl)OCO2)c1ccc2nonc2c1. The summed E-state index contributed by atoms with van der Waals surface area (Å²) in [4.78, 5) is 12.1. The Hall–Kier alpha value is -3.13. The van der Waals surface area contributed by atoms with Gasteiger partial charge < -0.3 is 9.47 Å². The van der Waals surface area contributed by atoms with Crippen LogP contribution in [0.2, 0.25) is 5.02 Å². The Morgan fingerprint density at radius 1 is 1.17 bits per heavy atom. The number of benzene rings is 2. The van der Waals surface area contributed by atoms with Gasteiger partial charge in [0.25, 0.3) is 5.91 Å². The maximum Gasteiger partial charge on any atom is 0.271 e. The fourth-order valence-corrected chi connectivity index (χ4v) is 2.38. The molecule has 0 bridgehead atoms. The van der Waals surface area contributed by atoms with Crippen molar-refractivity contribution >= 4 is 34.8 Å². The van der Waals surface area contributed by atoms with E-state index >= 15 is 0 Å². The molecule has 1 amide bonds. The van der Waals surface area contributed by atoms with E-state index in [0.29, 0.717) is 38.7 Å². The molecule has 0 saturated carbocycles. The number of aromatic nitrogens is 2. The second kappa shape index (κ2) is 5.82. The summed E-state index contributed by atoms with van der Waals surface area (Å²) in [5, 5.41) is 11.7. The lowest BCUT2D eigenvalue weighted by Gasteiger charge is -2.02. The van der Waals surface area contributed by atoms with Gasteiger partial charge in [0, 0.05) is 17.2 Å². The standard InChI is InChI=1S/C15H9ClN4O4/c16-10-5-14-13(22-7-23-14)4-9(10)6-17-18-15(21)8-1-2-11-12(3-8)20-24-19-11/h1-6H,7H2,(H,18,21). The highest BCUT2D eigenvalue weighted by molar-refractivity contribution is 6.33. The molecule has 0 atom stereocenters. The molecule has 24 heavy (non-hydrogen) atoms. The number of nitrogens with one attached hydrogen (secondary N) is 1. The molecule has 2 heterocycles. The predicted molar refractivity (Wildman–Crippen MR) is 84.4 cm³/mol. The maximum atomic E-state index is 12.1. The number of carbonyl (C=O) groups excluding carboxylic acids is 1. The molecular formula is C15H9ClN4O4. The highest BCUT2D eigenvalue weighted by atomic mass is 35.5. The molecule has 1 aliphatic rings. The van der Waals surface area contributed by atoms with E-state index in [-0.39, 0.29) is 6.79 Å². The number of hydrogen-bond donors (Lipinski definition) is 1. The summed E-state index contributed by atoms with van der Waals surface area (Å²) in [5.41, 5.74) is 4.46. The van der Waals surface area contributed by atoms with Gasteiger partial charge in [-0.3, -0.25) is 4.79 Å². The summed E-state index contributed by atoms with van der Waals surface area (Å²) in [6.45, 7) is 0.155. The minimum absolute atomic E-state index is 0.155. The number of hydrogen-bond acceptors (Lipinski definition) is 7. The van der Waals surface area contributed by atoms with Gasteiger partial charge in [-0.25, -0.2) is 10.1 Å². The third kappa shape index (κ3) is 2.63. The van der Waals surface area contributed by atoms with Crippen molar-refractivity contribution in [1.82, 2.24) is 15.7 Å². The Balaban J connectivity index is 1.49. The molecule has 4 rings (SSSR count). The maximum absolute atomic E-state index is 12.1. The van der Waals surface area contributed by atoms with Crippen molar-refractivity contribution in [3.05, 3.63) is 46.5 Å². The van der Waals surface area contributed by atoms with Crippen molar-refractivity contribution < 1.29 is 18.9 Å². The summed E-state index contributed by atoms with van der Waals surface area (Å²) in [6.07, 6.45) is 1.43. The molecule has 1 aromatic heterocycles. The lowest BCUT2D eigenvalue weighted by molar-refractivity contribution is 0.0955. The molecule has 9 heteroatoms. The quantitative estimate of drug-likeness (QED) is 0.578. The van der Waals surface area contributed by atoms with Gasteiger partial charge in [0.1, 0.15) is 11.0 Å². The number of fused-ring (bicyclic) bond motifs is 2. The van der Waals surface area contributed by atoms with Crippen LogP contribution in [0.5, 0.6) is 11.5 Å². The molecule has 120 valence electrons. The third-order valence-corrected chi connectivity index (χ3v) is 3.70. The van der Waals surface area contributed by atoms with Crippen LogP contribution in [-0.2, 0) is 0 Å². The van der Waals surface area contributed by atoms with Crippen molar-refractivity contribution in [3.63, 3.8) is 0 Å².